The molecule has 0 spiro atoms. The first-order chi connectivity index (χ1) is 7.70. The molecule has 0 aliphatic carbocycles. The summed E-state index contributed by atoms with van der Waals surface area (Å²) in [4.78, 5) is 0. The number of hydrogen-bond acceptors (Lipinski definition) is 4. The van der Waals surface area contributed by atoms with Gasteiger partial charge >= 0.3 is 0 Å². The van der Waals surface area contributed by atoms with Crippen LogP contribution in [-0.2, 0) is 6.54 Å². The zero-order valence-electron chi connectivity index (χ0n) is 9.42. The summed E-state index contributed by atoms with van der Waals surface area (Å²) in [5.74, 6) is 0. The van der Waals surface area contributed by atoms with E-state index in [9.17, 15) is 5.11 Å². The molecule has 5 heteroatoms. The second kappa shape index (κ2) is 4.49. The van der Waals surface area contributed by atoms with Gasteiger partial charge in [-0.3, -0.25) is 0 Å². The Kier molecular flexibility index (Phi) is 3.05. The van der Waals surface area contributed by atoms with Crippen LogP contribution < -0.4 is 0 Å². The molecule has 0 fully saturated rings. The summed E-state index contributed by atoms with van der Waals surface area (Å²) in [7, 11) is 0. The molecule has 86 valence electrons. The Hall–Kier alpha value is -1.62. The van der Waals surface area contributed by atoms with Gasteiger partial charge in [0.05, 0.1) is 12.6 Å². The standard InChI is InChI=1S/C11H15N3O2/c1-3-11(15)9-4-5-14(6-9)7-10-8(2)12-16-13-10/h4-6,11,15H,3,7H2,1-2H3. The van der Waals surface area contributed by atoms with E-state index in [0.29, 0.717) is 13.0 Å². The van der Waals surface area contributed by atoms with Gasteiger partial charge in [0.25, 0.3) is 0 Å². The molecule has 0 radical (unpaired) electrons. The van der Waals surface area contributed by atoms with Crippen LogP contribution in [0.2, 0.25) is 0 Å². The number of nitrogens with zero attached hydrogens (tertiary/aromatic N) is 3. The lowest BCUT2D eigenvalue weighted by Crippen LogP contribution is -1.99. The van der Waals surface area contributed by atoms with Crippen LogP contribution in [0.1, 0.15) is 36.4 Å². The molecule has 2 aromatic rings. The second-order valence-electron chi connectivity index (χ2n) is 3.84. The summed E-state index contributed by atoms with van der Waals surface area (Å²) in [6, 6.07) is 1.91. The first-order valence-electron chi connectivity index (χ1n) is 5.32. The van der Waals surface area contributed by atoms with Gasteiger partial charge in [0, 0.05) is 12.4 Å². The Morgan fingerprint density at radius 1 is 1.50 bits per heavy atom. The summed E-state index contributed by atoms with van der Waals surface area (Å²) in [6.45, 7) is 4.43. The van der Waals surface area contributed by atoms with Crippen molar-refractivity contribution in [3.63, 3.8) is 0 Å². The fourth-order valence-electron chi connectivity index (χ4n) is 1.56. The molecule has 2 rings (SSSR count). The largest absolute Gasteiger partial charge is 0.388 e. The predicted octanol–water partition coefficient (Wildman–Crippen LogP) is 1.67. The van der Waals surface area contributed by atoms with Crippen LogP contribution in [-0.4, -0.2) is 20.0 Å². The van der Waals surface area contributed by atoms with Crippen molar-refractivity contribution in [3.05, 3.63) is 35.4 Å². The molecule has 0 saturated carbocycles. The number of aromatic nitrogens is 3. The summed E-state index contributed by atoms with van der Waals surface area (Å²) in [6.07, 6.45) is 4.16. The molecule has 2 heterocycles. The van der Waals surface area contributed by atoms with E-state index in [1.54, 1.807) is 0 Å². The third-order valence-electron chi connectivity index (χ3n) is 2.62. The van der Waals surface area contributed by atoms with E-state index in [2.05, 4.69) is 14.9 Å². The summed E-state index contributed by atoms with van der Waals surface area (Å²) in [5.41, 5.74) is 2.54. The zero-order valence-corrected chi connectivity index (χ0v) is 9.42. The van der Waals surface area contributed by atoms with Gasteiger partial charge in [0.15, 0.2) is 0 Å². The molecule has 1 N–H and O–H groups in total. The molecule has 0 aliphatic rings. The molecule has 16 heavy (non-hydrogen) atoms. The Morgan fingerprint density at radius 3 is 2.94 bits per heavy atom. The fraction of sp³-hybridized carbons (Fsp3) is 0.455. The molecule has 1 atom stereocenters. The summed E-state index contributed by atoms with van der Waals surface area (Å²) >= 11 is 0. The third-order valence-corrected chi connectivity index (χ3v) is 2.62. The molecule has 1 unspecified atom stereocenters. The van der Waals surface area contributed by atoms with Crippen molar-refractivity contribution in [1.29, 1.82) is 0 Å². The van der Waals surface area contributed by atoms with Crippen molar-refractivity contribution in [2.45, 2.75) is 32.9 Å². The molecule has 0 bridgehead atoms. The molecular weight excluding hydrogens is 206 g/mol. The van der Waals surface area contributed by atoms with E-state index < -0.39 is 6.10 Å². The van der Waals surface area contributed by atoms with E-state index in [-0.39, 0.29) is 0 Å². The summed E-state index contributed by atoms with van der Waals surface area (Å²) < 4.78 is 6.59. The first-order valence-corrected chi connectivity index (χ1v) is 5.32. The van der Waals surface area contributed by atoms with Crippen LogP contribution in [0.15, 0.2) is 23.1 Å². The minimum atomic E-state index is -0.391. The Bertz CT molecular complexity index is 461. The van der Waals surface area contributed by atoms with Crippen LogP contribution in [0.25, 0.3) is 0 Å². The second-order valence-corrected chi connectivity index (χ2v) is 3.84. The Balaban J connectivity index is 2.11. The quantitative estimate of drug-likeness (QED) is 0.853. The molecular formula is C11H15N3O2. The number of aliphatic hydroxyl groups excluding tert-OH is 1. The first kappa shape index (κ1) is 10.9. The lowest BCUT2D eigenvalue weighted by Gasteiger charge is -2.03. The maximum absolute atomic E-state index is 9.66. The maximum atomic E-state index is 9.66. The van der Waals surface area contributed by atoms with Crippen molar-refractivity contribution in [2.24, 2.45) is 0 Å². The zero-order chi connectivity index (χ0) is 11.5. The lowest BCUT2D eigenvalue weighted by molar-refractivity contribution is 0.173. The van der Waals surface area contributed by atoms with Crippen molar-refractivity contribution < 1.29 is 9.74 Å². The number of hydrogen-bond donors (Lipinski definition) is 1. The van der Waals surface area contributed by atoms with Gasteiger partial charge in [0.2, 0.25) is 0 Å². The third kappa shape index (κ3) is 2.14. The van der Waals surface area contributed by atoms with Gasteiger partial charge in [-0.25, -0.2) is 4.63 Å². The average molecular weight is 221 g/mol. The van der Waals surface area contributed by atoms with Crippen LogP contribution in [0.3, 0.4) is 0 Å². The predicted molar refractivity (Wildman–Crippen MR) is 57.8 cm³/mol. The molecule has 5 nitrogen and oxygen atoms in total. The van der Waals surface area contributed by atoms with Crippen molar-refractivity contribution in [2.75, 3.05) is 0 Å². The highest BCUT2D eigenvalue weighted by atomic mass is 16.6. The van der Waals surface area contributed by atoms with Gasteiger partial charge in [-0.05, 0) is 25.0 Å². The Labute approximate surface area is 93.7 Å². The molecule has 0 saturated heterocycles. The van der Waals surface area contributed by atoms with Gasteiger partial charge in [-0.1, -0.05) is 17.2 Å². The van der Waals surface area contributed by atoms with E-state index in [1.807, 2.05) is 36.9 Å². The minimum absolute atomic E-state index is 0.391. The lowest BCUT2D eigenvalue weighted by atomic mass is 10.1. The SMILES string of the molecule is CCC(O)c1ccn(Cc2nonc2C)c1. The highest BCUT2D eigenvalue weighted by molar-refractivity contribution is 5.15. The maximum Gasteiger partial charge on any atom is 0.127 e. The highest BCUT2D eigenvalue weighted by Crippen LogP contribution is 2.17. The van der Waals surface area contributed by atoms with Gasteiger partial charge in [-0.2, -0.15) is 0 Å². The fourth-order valence-corrected chi connectivity index (χ4v) is 1.56. The Morgan fingerprint density at radius 2 is 2.31 bits per heavy atom. The number of aryl methyl sites for hydroxylation is 1. The number of rotatable bonds is 4. The van der Waals surface area contributed by atoms with E-state index >= 15 is 0 Å². The molecule has 0 aromatic carbocycles. The van der Waals surface area contributed by atoms with Crippen molar-refractivity contribution >= 4 is 0 Å². The van der Waals surface area contributed by atoms with Crippen LogP contribution in [0.4, 0.5) is 0 Å². The average Bonchev–Trinajstić information content (AvgIpc) is 2.89. The topological polar surface area (TPSA) is 64.1 Å². The summed E-state index contributed by atoms with van der Waals surface area (Å²) in [5, 5.41) is 17.2. The minimum Gasteiger partial charge on any atom is -0.388 e. The molecule has 0 aliphatic heterocycles. The number of aliphatic hydroxyl groups is 1. The van der Waals surface area contributed by atoms with E-state index in [1.165, 1.54) is 0 Å². The van der Waals surface area contributed by atoms with Crippen molar-refractivity contribution in [3.8, 4) is 0 Å². The smallest absolute Gasteiger partial charge is 0.127 e. The monoisotopic (exact) mass is 221 g/mol. The van der Waals surface area contributed by atoms with Crippen LogP contribution in [0, 0.1) is 6.92 Å². The normalized spacial score (nSPS) is 12.9. The van der Waals surface area contributed by atoms with E-state index in [4.69, 9.17) is 0 Å². The molecule has 2 aromatic heterocycles. The molecule has 0 amide bonds. The van der Waals surface area contributed by atoms with Gasteiger partial charge in [-0.15, -0.1) is 0 Å². The highest BCUT2D eigenvalue weighted by Gasteiger charge is 2.09. The van der Waals surface area contributed by atoms with Crippen LogP contribution in [0.5, 0.6) is 0 Å². The van der Waals surface area contributed by atoms with Crippen LogP contribution >= 0.6 is 0 Å². The van der Waals surface area contributed by atoms with Gasteiger partial charge in [0.1, 0.15) is 11.4 Å². The van der Waals surface area contributed by atoms with Crippen molar-refractivity contribution in [1.82, 2.24) is 14.9 Å². The van der Waals surface area contributed by atoms with Gasteiger partial charge < -0.3 is 9.67 Å². The van der Waals surface area contributed by atoms with E-state index in [0.717, 1.165) is 17.0 Å².